The first kappa shape index (κ1) is 16.2. The molecule has 3 rings (SSSR count). The number of carbonyl (C=O) groups excluding carboxylic acids is 2. The number of rotatable bonds is 5. The molecule has 6 nitrogen and oxygen atoms in total. The van der Waals surface area contributed by atoms with E-state index in [0.717, 1.165) is 11.4 Å². The van der Waals surface area contributed by atoms with Gasteiger partial charge in [0.05, 0.1) is 12.2 Å². The molecule has 1 saturated carbocycles. The Balaban J connectivity index is 1.80. The van der Waals surface area contributed by atoms with Gasteiger partial charge in [-0.25, -0.2) is 4.68 Å². The van der Waals surface area contributed by atoms with E-state index < -0.39 is 0 Å². The molecule has 2 N–H and O–H groups in total. The number of aryl methyl sites for hydroxylation is 1. The first-order valence-corrected chi connectivity index (χ1v) is 8.19. The zero-order valence-electron chi connectivity index (χ0n) is 14.2. The normalized spacial score (nSPS) is 15.0. The summed E-state index contributed by atoms with van der Waals surface area (Å²) in [5.74, 6) is 1.00. The Bertz CT molecular complexity index is 777. The topological polar surface area (TPSA) is 76.0 Å². The summed E-state index contributed by atoms with van der Waals surface area (Å²) in [5, 5.41) is 10.1. The molecule has 1 aromatic carbocycles. The van der Waals surface area contributed by atoms with Crippen molar-refractivity contribution in [3.05, 3.63) is 41.6 Å². The maximum Gasteiger partial charge on any atom is 0.256 e. The molecule has 24 heavy (non-hydrogen) atoms. The molecule has 1 fully saturated rings. The number of anilines is 2. The van der Waals surface area contributed by atoms with Gasteiger partial charge in [0.2, 0.25) is 5.91 Å². The largest absolute Gasteiger partial charge is 0.326 e. The maximum atomic E-state index is 12.6. The second-order valence-electron chi connectivity index (χ2n) is 6.41. The van der Waals surface area contributed by atoms with Gasteiger partial charge in [-0.3, -0.25) is 9.59 Å². The molecule has 0 bridgehead atoms. The van der Waals surface area contributed by atoms with Gasteiger partial charge in [0.1, 0.15) is 5.82 Å². The molecule has 1 aromatic heterocycles. The minimum atomic E-state index is -0.213. The lowest BCUT2D eigenvalue weighted by Crippen LogP contribution is -2.19. The fourth-order valence-corrected chi connectivity index (χ4v) is 2.81. The lowest BCUT2D eigenvalue weighted by molar-refractivity contribution is -0.114. The second-order valence-corrected chi connectivity index (χ2v) is 6.41. The summed E-state index contributed by atoms with van der Waals surface area (Å²) in [6.45, 7) is 5.51. The molecule has 0 unspecified atom stereocenters. The van der Waals surface area contributed by atoms with Crippen LogP contribution in [0.3, 0.4) is 0 Å². The third kappa shape index (κ3) is 3.48. The lowest BCUT2D eigenvalue weighted by atomic mass is 10.2. The van der Waals surface area contributed by atoms with Gasteiger partial charge in [0.15, 0.2) is 0 Å². The first-order valence-electron chi connectivity index (χ1n) is 8.19. The molecule has 0 aliphatic heterocycles. The molecule has 6 heteroatoms. The van der Waals surface area contributed by atoms with Crippen LogP contribution in [0.15, 0.2) is 30.5 Å². The van der Waals surface area contributed by atoms with Crippen LogP contribution in [0.4, 0.5) is 11.5 Å². The molecule has 0 radical (unpaired) electrons. The highest BCUT2D eigenvalue weighted by Crippen LogP contribution is 2.40. The van der Waals surface area contributed by atoms with Crippen molar-refractivity contribution in [1.29, 1.82) is 0 Å². The van der Waals surface area contributed by atoms with Crippen LogP contribution in [-0.4, -0.2) is 21.6 Å². The van der Waals surface area contributed by atoms with Crippen LogP contribution in [-0.2, 0) is 4.79 Å². The predicted molar refractivity (Wildman–Crippen MR) is 93.1 cm³/mol. The van der Waals surface area contributed by atoms with Crippen molar-refractivity contribution in [3.8, 4) is 0 Å². The van der Waals surface area contributed by atoms with E-state index >= 15 is 0 Å². The summed E-state index contributed by atoms with van der Waals surface area (Å²) in [6.07, 6.45) is 4.21. The minimum absolute atomic E-state index is 0.167. The Kier molecular flexibility index (Phi) is 4.38. The zero-order valence-corrected chi connectivity index (χ0v) is 14.2. The highest BCUT2D eigenvalue weighted by Gasteiger charge is 2.31. The van der Waals surface area contributed by atoms with Crippen molar-refractivity contribution in [3.63, 3.8) is 0 Å². The van der Waals surface area contributed by atoms with Gasteiger partial charge in [-0.1, -0.05) is 6.07 Å². The highest BCUT2D eigenvalue weighted by atomic mass is 16.2. The second kappa shape index (κ2) is 6.47. The quantitative estimate of drug-likeness (QED) is 0.884. The molecule has 0 saturated heterocycles. The highest BCUT2D eigenvalue weighted by molar-refractivity contribution is 6.05. The van der Waals surface area contributed by atoms with E-state index in [0.29, 0.717) is 17.2 Å². The van der Waals surface area contributed by atoms with E-state index in [9.17, 15) is 9.59 Å². The SMILES string of the molecule is CC(=O)Nc1cccc(C(=O)Nc2c(C)cnn2[C@H](C)C2CC2)c1. The Morgan fingerprint density at radius 3 is 2.71 bits per heavy atom. The predicted octanol–water partition coefficient (Wildman–Crippen LogP) is 3.37. The van der Waals surface area contributed by atoms with Crippen LogP contribution in [0.2, 0.25) is 0 Å². The molecule has 1 aliphatic rings. The summed E-state index contributed by atoms with van der Waals surface area (Å²) in [6, 6.07) is 7.16. The molecular weight excluding hydrogens is 304 g/mol. The number of aromatic nitrogens is 2. The Labute approximate surface area is 141 Å². The van der Waals surface area contributed by atoms with Gasteiger partial charge < -0.3 is 10.6 Å². The molecule has 126 valence electrons. The van der Waals surface area contributed by atoms with Gasteiger partial charge in [-0.15, -0.1) is 0 Å². The lowest BCUT2D eigenvalue weighted by Gasteiger charge is -2.16. The maximum absolute atomic E-state index is 12.6. The standard InChI is InChI=1S/C18H22N4O2/c1-11-10-19-22(12(2)14-7-8-14)17(11)21-18(24)15-5-4-6-16(9-15)20-13(3)23/h4-6,9-10,12,14H,7-8H2,1-3H3,(H,20,23)(H,21,24)/t12-/m1/s1. The van der Waals surface area contributed by atoms with Crippen molar-refractivity contribution in [2.24, 2.45) is 5.92 Å². The molecule has 1 heterocycles. The fourth-order valence-electron chi connectivity index (χ4n) is 2.81. The Morgan fingerprint density at radius 2 is 2.04 bits per heavy atom. The summed E-state index contributed by atoms with van der Waals surface area (Å²) < 4.78 is 1.91. The van der Waals surface area contributed by atoms with E-state index in [4.69, 9.17) is 0 Å². The fraction of sp³-hybridized carbons (Fsp3) is 0.389. The summed E-state index contributed by atoms with van der Waals surface area (Å²) in [7, 11) is 0. The van der Waals surface area contributed by atoms with Crippen molar-refractivity contribution >= 4 is 23.3 Å². The van der Waals surface area contributed by atoms with Crippen LogP contribution in [0.25, 0.3) is 0 Å². The van der Waals surface area contributed by atoms with Crippen molar-refractivity contribution < 1.29 is 9.59 Å². The van der Waals surface area contributed by atoms with Crippen LogP contribution in [0.5, 0.6) is 0 Å². The average Bonchev–Trinajstić information content (AvgIpc) is 3.32. The number of hydrogen-bond acceptors (Lipinski definition) is 3. The van der Waals surface area contributed by atoms with Gasteiger partial charge in [-0.05, 0) is 50.8 Å². The van der Waals surface area contributed by atoms with E-state index in [1.54, 1.807) is 30.5 Å². The van der Waals surface area contributed by atoms with Crippen molar-refractivity contribution in [2.45, 2.75) is 39.7 Å². The smallest absolute Gasteiger partial charge is 0.256 e. The molecule has 1 atom stereocenters. The molecule has 1 aliphatic carbocycles. The number of carbonyl (C=O) groups is 2. The van der Waals surface area contributed by atoms with Gasteiger partial charge >= 0.3 is 0 Å². The van der Waals surface area contributed by atoms with E-state index in [1.165, 1.54) is 19.8 Å². The van der Waals surface area contributed by atoms with Crippen LogP contribution >= 0.6 is 0 Å². The number of hydrogen-bond donors (Lipinski definition) is 2. The molecule has 0 spiro atoms. The number of nitrogens with one attached hydrogen (secondary N) is 2. The van der Waals surface area contributed by atoms with Gasteiger partial charge in [0.25, 0.3) is 5.91 Å². The van der Waals surface area contributed by atoms with Crippen molar-refractivity contribution in [2.75, 3.05) is 10.6 Å². The van der Waals surface area contributed by atoms with Gasteiger partial charge in [-0.2, -0.15) is 5.10 Å². The molecular formula is C18H22N4O2. The number of nitrogens with zero attached hydrogens (tertiary/aromatic N) is 2. The zero-order chi connectivity index (χ0) is 17.3. The van der Waals surface area contributed by atoms with E-state index in [-0.39, 0.29) is 17.9 Å². The van der Waals surface area contributed by atoms with Crippen LogP contribution in [0.1, 0.15) is 48.7 Å². The average molecular weight is 326 g/mol. The molecule has 2 aromatic rings. The van der Waals surface area contributed by atoms with Crippen LogP contribution in [0, 0.1) is 12.8 Å². The summed E-state index contributed by atoms with van der Waals surface area (Å²) in [4.78, 5) is 23.8. The van der Waals surface area contributed by atoms with Gasteiger partial charge in [0, 0.05) is 23.7 Å². The van der Waals surface area contributed by atoms with E-state index in [2.05, 4.69) is 22.7 Å². The summed E-state index contributed by atoms with van der Waals surface area (Å²) in [5.41, 5.74) is 2.04. The Morgan fingerprint density at radius 1 is 1.29 bits per heavy atom. The number of amides is 2. The Hall–Kier alpha value is -2.63. The first-order chi connectivity index (χ1) is 11.5. The minimum Gasteiger partial charge on any atom is -0.326 e. The summed E-state index contributed by atoms with van der Waals surface area (Å²) >= 11 is 0. The monoisotopic (exact) mass is 326 g/mol. The van der Waals surface area contributed by atoms with Crippen LogP contribution < -0.4 is 10.6 Å². The number of benzene rings is 1. The van der Waals surface area contributed by atoms with E-state index in [1.807, 2.05) is 11.6 Å². The third-order valence-corrected chi connectivity index (χ3v) is 4.35. The third-order valence-electron chi connectivity index (χ3n) is 4.35. The molecule has 2 amide bonds. The van der Waals surface area contributed by atoms with Crippen molar-refractivity contribution in [1.82, 2.24) is 9.78 Å².